The van der Waals surface area contributed by atoms with Crippen LogP contribution < -0.4 is 10.2 Å². The first kappa shape index (κ1) is 23.4. The highest BCUT2D eigenvalue weighted by atomic mass is 79.9. The Morgan fingerprint density at radius 2 is 1.76 bits per heavy atom. The molecular formula is C25H21BrN2O6. The number of hydrogen-bond donors (Lipinski definition) is 1. The van der Waals surface area contributed by atoms with Crippen LogP contribution in [0, 0.1) is 6.92 Å². The first-order valence-electron chi connectivity index (χ1n) is 10.5. The van der Waals surface area contributed by atoms with E-state index in [4.69, 9.17) is 9.15 Å². The molecule has 3 aromatic rings. The summed E-state index contributed by atoms with van der Waals surface area (Å²) in [6.07, 6.45) is 2.05. The van der Waals surface area contributed by atoms with E-state index < -0.39 is 11.9 Å². The lowest BCUT2D eigenvalue weighted by molar-refractivity contribution is 0.0600. The fraction of sp³-hybridized carbons (Fsp3) is 0.200. The summed E-state index contributed by atoms with van der Waals surface area (Å²) in [6.45, 7) is 1.76. The van der Waals surface area contributed by atoms with Crippen LogP contribution in [0.5, 0.6) is 5.75 Å². The van der Waals surface area contributed by atoms with E-state index in [-0.39, 0.29) is 17.4 Å². The molecule has 0 radical (unpaired) electrons. The minimum atomic E-state index is -0.658. The Kier molecular flexibility index (Phi) is 6.93. The molecule has 0 aliphatic heterocycles. The molecule has 0 atom stereocenters. The smallest absolute Gasteiger partial charge is 0.379 e. The van der Waals surface area contributed by atoms with E-state index in [1.807, 2.05) is 6.07 Å². The number of halogens is 1. The van der Waals surface area contributed by atoms with E-state index in [0.717, 1.165) is 6.42 Å². The third-order valence-electron chi connectivity index (χ3n) is 5.41. The Hall–Kier alpha value is -3.72. The number of aryl methyl sites for hydroxylation is 1. The first-order chi connectivity index (χ1) is 16.4. The lowest BCUT2D eigenvalue weighted by Crippen LogP contribution is -2.22. The fourth-order valence-electron chi connectivity index (χ4n) is 3.73. The molecule has 1 amide bonds. The second kappa shape index (κ2) is 10.0. The number of benzene rings is 2. The van der Waals surface area contributed by atoms with Gasteiger partial charge in [-0.05, 0) is 72.1 Å². The van der Waals surface area contributed by atoms with Crippen molar-refractivity contribution in [2.24, 2.45) is 5.10 Å². The Balaban J connectivity index is 1.53. The van der Waals surface area contributed by atoms with E-state index in [1.54, 1.807) is 25.1 Å². The summed E-state index contributed by atoms with van der Waals surface area (Å²) in [6, 6.07) is 13.1. The molecule has 9 heteroatoms. The van der Waals surface area contributed by atoms with Crippen molar-refractivity contribution in [3.63, 3.8) is 0 Å². The van der Waals surface area contributed by atoms with Crippen LogP contribution in [-0.4, -0.2) is 30.7 Å². The SMILES string of the molecule is COC(=O)c1ccc(OC(=O)c2oc3c(c2C)/C(=N/NC(=O)c2ccccc2Br)CCC3)cc1. The first-order valence-corrected chi connectivity index (χ1v) is 11.3. The zero-order valence-corrected chi connectivity index (χ0v) is 20.1. The van der Waals surface area contributed by atoms with Crippen molar-refractivity contribution in [1.82, 2.24) is 5.43 Å². The van der Waals surface area contributed by atoms with E-state index in [2.05, 4.69) is 31.2 Å². The Morgan fingerprint density at radius 3 is 2.47 bits per heavy atom. The minimum Gasteiger partial charge on any atom is -0.465 e. The number of methoxy groups -OCH3 is 1. The minimum absolute atomic E-state index is 0.0776. The molecule has 0 spiro atoms. The highest BCUT2D eigenvalue weighted by molar-refractivity contribution is 9.10. The molecular weight excluding hydrogens is 504 g/mol. The zero-order chi connectivity index (χ0) is 24.2. The molecule has 0 saturated carbocycles. The molecule has 0 unspecified atom stereocenters. The Morgan fingerprint density at radius 1 is 1.03 bits per heavy atom. The van der Waals surface area contributed by atoms with Gasteiger partial charge in [0.05, 0.1) is 23.9 Å². The summed E-state index contributed by atoms with van der Waals surface area (Å²) in [5.41, 5.74) is 5.36. The van der Waals surface area contributed by atoms with Crippen LogP contribution in [-0.2, 0) is 11.2 Å². The molecule has 8 nitrogen and oxygen atoms in total. The average Bonchev–Trinajstić information content (AvgIpc) is 3.20. The van der Waals surface area contributed by atoms with Crippen molar-refractivity contribution in [3.8, 4) is 5.75 Å². The van der Waals surface area contributed by atoms with Crippen molar-refractivity contribution in [2.75, 3.05) is 7.11 Å². The molecule has 34 heavy (non-hydrogen) atoms. The third kappa shape index (κ3) is 4.79. The van der Waals surface area contributed by atoms with Crippen LogP contribution in [0.25, 0.3) is 0 Å². The second-order valence-corrected chi connectivity index (χ2v) is 8.45. The van der Waals surface area contributed by atoms with Crippen LogP contribution in [0.1, 0.15) is 61.0 Å². The fourth-order valence-corrected chi connectivity index (χ4v) is 4.19. The maximum atomic E-state index is 12.8. The van der Waals surface area contributed by atoms with Gasteiger partial charge in [0, 0.05) is 22.0 Å². The number of carbonyl (C=O) groups excluding carboxylic acids is 3. The van der Waals surface area contributed by atoms with Gasteiger partial charge in [0.2, 0.25) is 5.76 Å². The van der Waals surface area contributed by atoms with Gasteiger partial charge in [-0.2, -0.15) is 5.10 Å². The predicted molar refractivity (Wildman–Crippen MR) is 127 cm³/mol. The van der Waals surface area contributed by atoms with Crippen LogP contribution in [0.4, 0.5) is 0 Å². The van der Waals surface area contributed by atoms with Crippen molar-refractivity contribution in [2.45, 2.75) is 26.2 Å². The van der Waals surface area contributed by atoms with Gasteiger partial charge in [-0.1, -0.05) is 12.1 Å². The maximum Gasteiger partial charge on any atom is 0.379 e. The van der Waals surface area contributed by atoms with Crippen LogP contribution >= 0.6 is 15.9 Å². The summed E-state index contributed by atoms with van der Waals surface area (Å²) in [5.74, 6) is -0.510. The highest BCUT2D eigenvalue weighted by Gasteiger charge is 2.29. The second-order valence-electron chi connectivity index (χ2n) is 7.59. The summed E-state index contributed by atoms with van der Waals surface area (Å²) < 4.78 is 16.6. The molecule has 0 saturated heterocycles. The molecule has 1 heterocycles. The highest BCUT2D eigenvalue weighted by Crippen LogP contribution is 2.30. The number of esters is 2. The summed E-state index contributed by atoms with van der Waals surface area (Å²) in [7, 11) is 1.29. The van der Waals surface area contributed by atoms with Crippen LogP contribution in [0.2, 0.25) is 0 Å². The lowest BCUT2D eigenvalue weighted by Gasteiger charge is -2.13. The molecule has 1 N–H and O–H groups in total. The number of fused-ring (bicyclic) bond motifs is 1. The summed E-state index contributed by atoms with van der Waals surface area (Å²) in [5, 5.41) is 4.33. The average molecular weight is 525 g/mol. The predicted octanol–water partition coefficient (Wildman–Crippen LogP) is 4.83. The molecule has 4 rings (SSSR count). The van der Waals surface area contributed by atoms with Gasteiger partial charge in [-0.3, -0.25) is 4.79 Å². The monoisotopic (exact) mass is 524 g/mol. The van der Waals surface area contributed by atoms with Gasteiger partial charge in [0.1, 0.15) is 11.5 Å². The van der Waals surface area contributed by atoms with E-state index >= 15 is 0 Å². The molecule has 0 fully saturated rings. The molecule has 0 bridgehead atoms. The summed E-state index contributed by atoms with van der Waals surface area (Å²) >= 11 is 3.36. The van der Waals surface area contributed by atoms with Crippen LogP contribution in [0.3, 0.4) is 0 Å². The van der Waals surface area contributed by atoms with E-state index in [9.17, 15) is 14.4 Å². The summed E-state index contributed by atoms with van der Waals surface area (Å²) in [4.78, 5) is 36.9. The van der Waals surface area contributed by atoms with Crippen molar-refractivity contribution in [1.29, 1.82) is 0 Å². The number of carbonyl (C=O) groups is 3. The Bertz CT molecular complexity index is 1290. The molecule has 1 aliphatic rings. The maximum absolute atomic E-state index is 12.8. The number of ether oxygens (including phenoxy) is 2. The number of rotatable bonds is 5. The van der Waals surface area contributed by atoms with Gasteiger partial charge >= 0.3 is 11.9 Å². The van der Waals surface area contributed by atoms with Crippen molar-refractivity contribution in [3.05, 3.63) is 86.8 Å². The molecule has 1 aromatic heterocycles. The van der Waals surface area contributed by atoms with Gasteiger partial charge < -0.3 is 13.9 Å². The number of furan rings is 1. The van der Waals surface area contributed by atoms with E-state index in [0.29, 0.717) is 51.0 Å². The number of nitrogens with one attached hydrogen (secondary N) is 1. The lowest BCUT2D eigenvalue weighted by atomic mass is 9.93. The number of amides is 1. The number of hydrogen-bond acceptors (Lipinski definition) is 7. The quantitative estimate of drug-likeness (QED) is 0.291. The van der Waals surface area contributed by atoms with Gasteiger partial charge in [0.15, 0.2) is 0 Å². The van der Waals surface area contributed by atoms with Gasteiger partial charge in [-0.25, -0.2) is 15.0 Å². The Labute approximate surface area is 204 Å². The third-order valence-corrected chi connectivity index (χ3v) is 6.10. The number of nitrogens with zero attached hydrogens (tertiary/aromatic N) is 1. The van der Waals surface area contributed by atoms with Crippen molar-refractivity contribution >= 4 is 39.5 Å². The topological polar surface area (TPSA) is 107 Å². The normalized spacial score (nSPS) is 13.8. The largest absolute Gasteiger partial charge is 0.465 e. The standard InChI is InChI=1S/C25H21BrN2O6/c1-14-21-19(27-28-23(29)17-6-3-4-7-18(17)26)8-5-9-20(21)34-22(14)25(31)33-16-12-10-15(11-13-16)24(30)32-2/h3-4,6-7,10-13H,5,8-9H2,1-2H3,(H,28,29)/b27-19+. The number of hydrazone groups is 1. The van der Waals surface area contributed by atoms with Gasteiger partial charge in [-0.15, -0.1) is 0 Å². The molecule has 1 aliphatic carbocycles. The van der Waals surface area contributed by atoms with Crippen molar-refractivity contribution < 1.29 is 28.3 Å². The van der Waals surface area contributed by atoms with E-state index in [1.165, 1.54) is 31.4 Å². The van der Waals surface area contributed by atoms with Gasteiger partial charge in [0.25, 0.3) is 5.91 Å². The zero-order valence-electron chi connectivity index (χ0n) is 18.5. The van der Waals surface area contributed by atoms with Crippen LogP contribution in [0.15, 0.2) is 62.5 Å². The molecule has 2 aromatic carbocycles. The molecule has 174 valence electrons.